The van der Waals surface area contributed by atoms with Gasteiger partial charge in [0.15, 0.2) is 0 Å². The smallest absolute Gasteiger partial charge is 0.225 e. The molecular weight excluding hydrogens is 308 g/mol. The molecule has 4 heteroatoms. The van der Waals surface area contributed by atoms with Gasteiger partial charge in [0.05, 0.1) is 5.35 Å². The summed E-state index contributed by atoms with van der Waals surface area (Å²) in [5.74, 6) is 2.42. The lowest BCUT2D eigenvalue weighted by Gasteiger charge is -2.22. The fourth-order valence-electron chi connectivity index (χ4n) is 3.56. The maximum atomic E-state index is 4.80. The molecule has 4 nitrogen and oxygen atoms in total. The molecular formula is C21H32N4. The molecule has 0 bridgehead atoms. The van der Waals surface area contributed by atoms with Crippen molar-refractivity contribution in [3.63, 3.8) is 0 Å². The van der Waals surface area contributed by atoms with Gasteiger partial charge in [-0.1, -0.05) is 43.9 Å². The third-order valence-electron chi connectivity index (χ3n) is 4.84. The highest BCUT2D eigenvalue weighted by Crippen LogP contribution is 2.22. The summed E-state index contributed by atoms with van der Waals surface area (Å²) in [4.78, 5) is 9.59. The van der Waals surface area contributed by atoms with E-state index in [2.05, 4.69) is 55.7 Å². The molecule has 0 saturated heterocycles. The van der Waals surface area contributed by atoms with Crippen LogP contribution in [0.2, 0.25) is 0 Å². The van der Waals surface area contributed by atoms with Crippen molar-refractivity contribution in [3.05, 3.63) is 22.7 Å². The summed E-state index contributed by atoms with van der Waals surface area (Å²) in [6.07, 6.45) is 17.6. The molecule has 2 aliphatic carbocycles. The molecule has 0 aliphatic heterocycles. The highest BCUT2D eigenvalue weighted by atomic mass is 15.2. The molecule has 0 amide bonds. The summed E-state index contributed by atoms with van der Waals surface area (Å²) in [6.45, 7) is 7.47. The van der Waals surface area contributed by atoms with Crippen LogP contribution < -0.4 is 21.2 Å². The highest BCUT2D eigenvalue weighted by molar-refractivity contribution is 5.54. The summed E-state index contributed by atoms with van der Waals surface area (Å²) in [5, 5.41) is 9.18. The number of fused-ring (bicyclic) bond motifs is 1. The summed E-state index contributed by atoms with van der Waals surface area (Å²) in [7, 11) is 0. The van der Waals surface area contributed by atoms with Crippen molar-refractivity contribution >= 4 is 23.9 Å². The Kier molecular flexibility index (Phi) is 5.77. The van der Waals surface area contributed by atoms with Gasteiger partial charge >= 0.3 is 0 Å². The van der Waals surface area contributed by atoms with E-state index in [1.165, 1.54) is 38.5 Å². The normalized spacial score (nSPS) is 18.4. The summed E-state index contributed by atoms with van der Waals surface area (Å²) in [5.41, 5.74) is -0.0372. The van der Waals surface area contributed by atoms with Crippen molar-refractivity contribution in [2.24, 2.45) is 5.92 Å². The van der Waals surface area contributed by atoms with E-state index in [4.69, 9.17) is 9.97 Å². The maximum Gasteiger partial charge on any atom is 0.225 e. The van der Waals surface area contributed by atoms with Crippen LogP contribution in [-0.2, 0) is 0 Å². The minimum absolute atomic E-state index is 0.0372. The molecule has 3 rings (SSSR count). The van der Waals surface area contributed by atoms with Crippen molar-refractivity contribution in [3.8, 4) is 0 Å². The van der Waals surface area contributed by atoms with Crippen LogP contribution in [0, 0.1) is 5.92 Å². The summed E-state index contributed by atoms with van der Waals surface area (Å²) >= 11 is 0. The number of nitrogens with one attached hydrogen (secondary N) is 2. The van der Waals surface area contributed by atoms with E-state index >= 15 is 0 Å². The number of nitrogens with zero attached hydrogens (tertiary/aromatic N) is 2. The van der Waals surface area contributed by atoms with Gasteiger partial charge in [-0.3, -0.25) is 0 Å². The standard InChI is InChI=1S/C21H32N4/c1-21(2,3)25-19-17-13-9-6-10-14-18(17)23-20(24-19)22-15-16-11-7-4-5-8-12-16/h6,9,13-14,16H,4-5,7-8,10-12,15H2,1-3H3,(H2,22,23,24,25). The Morgan fingerprint density at radius 2 is 1.84 bits per heavy atom. The Morgan fingerprint density at radius 1 is 1.08 bits per heavy atom. The number of hydrogen-bond donors (Lipinski definition) is 2. The molecule has 1 aromatic heterocycles. The van der Waals surface area contributed by atoms with Gasteiger partial charge in [0.2, 0.25) is 5.95 Å². The maximum absolute atomic E-state index is 4.80. The third kappa shape index (κ3) is 5.32. The second-order valence-electron chi connectivity index (χ2n) is 8.34. The van der Waals surface area contributed by atoms with Crippen molar-refractivity contribution in [1.29, 1.82) is 0 Å². The van der Waals surface area contributed by atoms with E-state index in [1.807, 2.05) is 0 Å². The highest BCUT2D eigenvalue weighted by Gasteiger charge is 2.15. The van der Waals surface area contributed by atoms with Gasteiger partial charge in [-0.25, -0.2) is 4.98 Å². The van der Waals surface area contributed by atoms with Gasteiger partial charge in [-0.05, 0) is 52.0 Å². The van der Waals surface area contributed by atoms with Crippen LogP contribution >= 0.6 is 0 Å². The first-order valence-electron chi connectivity index (χ1n) is 9.78. The lowest BCUT2D eigenvalue weighted by Crippen LogP contribution is -2.38. The SMILES string of the molecule is CC(C)(C)Nc1nc(NCC2CCCCCC2)nc2c1=CC=CCC=2. The molecule has 0 unspecified atom stereocenters. The molecule has 2 aliphatic rings. The predicted molar refractivity (Wildman–Crippen MR) is 107 cm³/mol. The van der Waals surface area contributed by atoms with Crippen LogP contribution in [0.4, 0.5) is 11.8 Å². The lowest BCUT2D eigenvalue weighted by molar-refractivity contribution is 0.482. The zero-order valence-corrected chi connectivity index (χ0v) is 15.9. The van der Waals surface area contributed by atoms with Crippen molar-refractivity contribution in [2.45, 2.75) is 71.3 Å². The number of hydrogen-bond acceptors (Lipinski definition) is 4. The Hall–Kier alpha value is -1.84. The van der Waals surface area contributed by atoms with Crippen LogP contribution in [0.15, 0.2) is 12.2 Å². The molecule has 1 saturated carbocycles. The molecule has 0 spiro atoms. The van der Waals surface area contributed by atoms with Crippen LogP contribution in [0.1, 0.15) is 65.7 Å². The lowest BCUT2D eigenvalue weighted by atomic mass is 10.0. The largest absolute Gasteiger partial charge is 0.365 e. The molecule has 0 aromatic carbocycles. The fraction of sp³-hybridized carbons (Fsp3) is 0.619. The number of aromatic nitrogens is 2. The molecule has 2 N–H and O–H groups in total. The van der Waals surface area contributed by atoms with E-state index < -0.39 is 0 Å². The van der Waals surface area contributed by atoms with Crippen LogP contribution in [0.3, 0.4) is 0 Å². The van der Waals surface area contributed by atoms with Crippen molar-refractivity contribution in [1.82, 2.24) is 9.97 Å². The Balaban J connectivity index is 1.84. The van der Waals surface area contributed by atoms with Crippen LogP contribution in [-0.4, -0.2) is 22.1 Å². The van der Waals surface area contributed by atoms with E-state index in [9.17, 15) is 0 Å². The summed E-state index contributed by atoms with van der Waals surface area (Å²) in [6, 6.07) is 0. The Labute approximate surface area is 151 Å². The minimum Gasteiger partial charge on any atom is -0.365 e. The van der Waals surface area contributed by atoms with E-state index in [0.29, 0.717) is 0 Å². The Morgan fingerprint density at radius 3 is 2.56 bits per heavy atom. The van der Waals surface area contributed by atoms with Gasteiger partial charge in [-0.15, -0.1) is 0 Å². The van der Waals surface area contributed by atoms with Crippen LogP contribution in [0.5, 0.6) is 0 Å². The van der Waals surface area contributed by atoms with Gasteiger partial charge in [0, 0.05) is 17.3 Å². The summed E-state index contributed by atoms with van der Waals surface area (Å²) < 4.78 is 0. The second kappa shape index (κ2) is 8.03. The van der Waals surface area contributed by atoms with Gasteiger partial charge < -0.3 is 10.6 Å². The topological polar surface area (TPSA) is 49.8 Å². The third-order valence-corrected chi connectivity index (χ3v) is 4.84. The number of rotatable bonds is 4. The number of allylic oxidation sites excluding steroid dienone is 2. The first-order chi connectivity index (χ1) is 12.0. The molecule has 1 heterocycles. The predicted octanol–water partition coefficient (Wildman–Crippen LogP) is 3.59. The molecule has 0 radical (unpaired) electrons. The number of anilines is 2. The molecule has 0 atom stereocenters. The van der Waals surface area contributed by atoms with Crippen molar-refractivity contribution < 1.29 is 0 Å². The van der Waals surface area contributed by atoms with Gasteiger partial charge in [0.25, 0.3) is 0 Å². The Bertz CT molecular complexity index is 719. The fourth-order valence-corrected chi connectivity index (χ4v) is 3.56. The molecule has 1 fully saturated rings. The molecule has 1 aromatic rings. The molecule has 136 valence electrons. The van der Waals surface area contributed by atoms with Crippen LogP contribution in [0.25, 0.3) is 12.2 Å². The first-order valence-corrected chi connectivity index (χ1v) is 9.78. The van der Waals surface area contributed by atoms with Crippen molar-refractivity contribution in [2.75, 3.05) is 17.2 Å². The average molecular weight is 341 g/mol. The van der Waals surface area contributed by atoms with E-state index in [-0.39, 0.29) is 5.54 Å². The van der Waals surface area contributed by atoms with E-state index in [0.717, 1.165) is 41.2 Å². The van der Waals surface area contributed by atoms with E-state index in [1.54, 1.807) is 0 Å². The zero-order valence-electron chi connectivity index (χ0n) is 15.9. The minimum atomic E-state index is -0.0372. The first kappa shape index (κ1) is 18.0. The second-order valence-corrected chi connectivity index (χ2v) is 8.34. The average Bonchev–Trinajstić information content (AvgIpc) is 2.94. The molecule has 25 heavy (non-hydrogen) atoms. The monoisotopic (exact) mass is 340 g/mol. The quantitative estimate of drug-likeness (QED) is 0.823. The zero-order chi connectivity index (χ0) is 17.7. The van der Waals surface area contributed by atoms with Gasteiger partial charge in [0.1, 0.15) is 5.82 Å². The van der Waals surface area contributed by atoms with Gasteiger partial charge in [-0.2, -0.15) is 4.98 Å².